The van der Waals surface area contributed by atoms with Gasteiger partial charge in [0.25, 0.3) is 0 Å². The monoisotopic (exact) mass is 384 g/mol. The van der Waals surface area contributed by atoms with Crippen molar-refractivity contribution in [1.82, 2.24) is 5.32 Å². The molecule has 0 aliphatic rings. The third-order valence-electron chi connectivity index (χ3n) is 3.28. The summed E-state index contributed by atoms with van der Waals surface area (Å²) in [5.41, 5.74) is 1.97. The summed E-state index contributed by atoms with van der Waals surface area (Å²) >= 11 is 7.71. The predicted octanol–water partition coefficient (Wildman–Crippen LogP) is 4.99. The molecule has 0 spiro atoms. The van der Waals surface area contributed by atoms with Crippen LogP contribution in [0.1, 0.15) is 18.9 Å². The van der Waals surface area contributed by atoms with E-state index >= 15 is 0 Å². The van der Waals surface area contributed by atoms with Crippen molar-refractivity contribution in [3.8, 4) is 0 Å². The Bertz CT molecular complexity index is 652. The number of carbonyl (C=O) groups is 1. The number of amides is 1. The smallest absolute Gasteiger partial charge is 0.225 e. The molecule has 2 rings (SSSR count). The van der Waals surface area contributed by atoms with Gasteiger partial charge in [-0.1, -0.05) is 48.9 Å². The van der Waals surface area contributed by atoms with Gasteiger partial charge in [-0.3, -0.25) is 4.79 Å². The molecule has 0 atom stereocenters. The molecule has 2 aromatic carbocycles. The first-order chi connectivity index (χ1) is 11.2. The van der Waals surface area contributed by atoms with Gasteiger partial charge in [-0.25, -0.2) is 0 Å². The molecule has 24 heavy (non-hydrogen) atoms. The van der Waals surface area contributed by atoms with Crippen LogP contribution in [0.25, 0.3) is 0 Å². The molecule has 2 N–H and O–H groups in total. The zero-order valence-electron chi connectivity index (χ0n) is 13.5. The van der Waals surface area contributed by atoms with Crippen molar-refractivity contribution < 1.29 is 4.79 Å². The highest BCUT2D eigenvalue weighted by Gasteiger charge is 2.07. The molecule has 1 amide bonds. The second kappa shape index (κ2) is 11.4. The molecule has 130 valence electrons. The van der Waals surface area contributed by atoms with Gasteiger partial charge in [0, 0.05) is 29.3 Å². The SMILES string of the molecule is CCNCc1ccccc1NC(=O)CCSc1ccccc1Cl.Cl. The second-order valence-electron chi connectivity index (χ2n) is 5.01. The summed E-state index contributed by atoms with van der Waals surface area (Å²) in [6.45, 7) is 3.71. The van der Waals surface area contributed by atoms with E-state index in [2.05, 4.69) is 17.6 Å². The summed E-state index contributed by atoms with van der Waals surface area (Å²) in [4.78, 5) is 13.1. The topological polar surface area (TPSA) is 41.1 Å². The van der Waals surface area contributed by atoms with Crippen LogP contribution in [0, 0.1) is 0 Å². The lowest BCUT2D eigenvalue weighted by atomic mass is 10.1. The fourth-order valence-corrected chi connectivity index (χ4v) is 3.27. The zero-order chi connectivity index (χ0) is 16.5. The maximum atomic E-state index is 12.1. The fourth-order valence-electron chi connectivity index (χ4n) is 2.08. The van der Waals surface area contributed by atoms with Gasteiger partial charge >= 0.3 is 0 Å². The maximum Gasteiger partial charge on any atom is 0.225 e. The van der Waals surface area contributed by atoms with E-state index in [1.54, 1.807) is 11.8 Å². The number of halogens is 2. The minimum absolute atomic E-state index is 0. The van der Waals surface area contributed by atoms with Crippen LogP contribution in [0.5, 0.6) is 0 Å². The summed E-state index contributed by atoms with van der Waals surface area (Å²) in [5, 5.41) is 7.00. The molecule has 0 saturated heterocycles. The number of nitrogens with one attached hydrogen (secondary N) is 2. The molecular formula is C18H22Cl2N2OS. The summed E-state index contributed by atoms with van der Waals surface area (Å²) in [7, 11) is 0. The van der Waals surface area contributed by atoms with Crippen LogP contribution in [0.2, 0.25) is 5.02 Å². The Balaban J connectivity index is 0.00000288. The van der Waals surface area contributed by atoms with Gasteiger partial charge < -0.3 is 10.6 Å². The minimum atomic E-state index is 0. The first-order valence-corrected chi connectivity index (χ1v) is 9.03. The average Bonchev–Trinajstić information content (AvgIpc) is 2.56. The van der Waals surface area contributed by atoms with Gasteiger partial charge in [-0.15, -0.1) is 24.2 Å². The molecular weight excluding hydrogens is 363 g/mol. The highest BCUT2D eigenvalue weighted by Crippen LogP contribution is 2.27. The van der Waals surface area contributed by atoms with Gasteiger partial charge in [0.15, 0.2) is 0 Å². The largest absolute Gasteiger partial charge is 0.326 e. The van der Waals surface area contributed by atoms with E-state index in [1.165, 1.54) is 0 Å². The molecule has 0 saturated carbocycles. The summed E-state index contributed by atoms with van der Waals surface area (Å²) in [5.74, 6) is 0.721. The van der Waals surface area contributed by atoms with E-state index in [4.69, 9.17) is 11.6 Å². The number of hydrogen-bond donors (Lipinski definition) is 2. The molecule has 2 aromatic rings. The van der Waals surface area contributed by atoms with Crippen LogP contribution < -0.4 is 10.6 Å². The molecule has 3 nitrogen and oxygen atoms in total. The molecule has 0 aromatic heterocycles. The van der Waals surface area contributed by atoms with Gasteiger partial charge in [0.2, 0.25) is 5.91 Å². The number of hydrogen-bond acceptors (Lipinski definition) is 3. The lowest BCUT2D eigenvalue weighted by Crippen LogP contribution is -2.17. The molecule has 0 aliphatic carbocycles. The highest BCUT2D eigenvalue weighted by atomic mass is 35.5. The van der Waals surface area contributed by atoms with Crippen molar-refractivity contribution in [2.24, 2.45) is 0 Å². The maximum absolute atomic E-state index is 12.1. The van der Waals surface area contributed by atoms with E-state index in [0.29, 0.717) is 12.2 Å². The van der Waals surface area contributed by atoms with Crippen molar-refractivity contribution in [3.63, 3.8) is 0 Å². The number of rotatable bonds is 8. The third kappa shape index (κ3) is 6.73. The highest BCUT2D eigenvalue weighted by molar-refractivity contribution is 7.99. The number of para-hydroxylation sites is 1. The quantitative estimate of drug-likeness (QED) is 0.629. The van der Waals surface area contributed by atoms with Crippen LogP contribution in [0.4, 0.5) is 5.69 Å². The van der Waals surface area contributed by atoms with Crippen molar-refractivity contribution in [2.75, 3.05) is 17.6 Å². The predicted molar refractivity (Wildman–Crippen MR) is 106 cm³/mol. The Morgan fingerprint density at radius 3 is 2.58 bits per heavy atom. The average molecular weight is 385 g/mol. The molecule has 0 bridgehead atoms. The van der Waals surface area contributed by atoms with E-state index in [1.807, 2.05) is 48.5 Å². The van der Waals surface area contributed by atoms with Crippen LogP contribution in [0.3, 0.4) is 0 Å². The Labute approximate surface area is 159 Å². The minimum Gasteiger partial charge on any atom is -0.326 e. The Kier molecular flexibility index (Phi) is 9.88. The molecule has 0 fully saturated rings. The molecule has 0 radical (unpaired) electrons. The number of anilines is 1. The van der Waals surface area contributed by atoms with Crippen LogP contribution in [0.15, 0.2) is 53.4 Å². The molecule has 6 heteroatoms. The Morgan fingerprint density at radius 2 is 1.83 bits per heavy atom. The number of carbonyl (C=O) groups excluding carboxylic acids is 1. The standard InChI is InChI=1S/C18H21ClN2OS.ClH/c1-2-20-13-14-7-3-5-9-16(14)21-18(22)11-12-23-17-10-6-4-8-15(17)19;/h3-10,20H,2,11-13H2,1H3,(H,21,22);1H. The summed E-state index contributed by atoms with van der Waals surface area (Å²) < 4.78 is 0. The van der Waals surface area contributed by atoms with E-state index in [-0.39, 0.29) is 18.3 Å². The van der Waals surface area contributed by atoms with E-state index < -0.39 is 0 Å². The van der Waals surface area contributed by atoms with Crippen molar-refractivity contribution in [2.45, 2.75) is 24.8 Å². The van der Waals surface area contributed by atoms with Crippen molar-refractivity contribution >= 4 is 47.4 Å². The summed E-state index contributed by atoms with van der Waals surface area (Å²) in [6.07, 6.45) is 0.450. The second-order valence-corrected chi connectivity index (χ2v) is 6.56. The van der Waals surface area contributed by atoms with Crippen LogP contribution >= 0.6 is 35.8 Å². The Hall–Kier alpha value is -1.20. The number of thioether (sulfide) groups is 1. The Morgan fingerprint density at radius 1 is 1.12 bits per heavy atom. The molecule has 0 unspecified atom stereocenters. The molecule has 0 aliphatic heterocycles. The van der Waals surface area contributed by atoms with Crippen molar-refractivity contribution in [3.05, 3.63) is 59.1 Å². The van der Waals surface area contributed by atoms with E-state index in [9.17, 15) is 4.79 Å². The van der Waals surface area contributed by atoms with Crippen LogP contribution in [-0.4, -0.2) is 18.2 Å². The zero-order valence-corrected chi connectivity index (χ0v) is 15.9. The fraction of sp³-hybridized carbons (Fsp3) is 0.278. The van der Waals surface area contributed by atoms with Gasteiger partial charge in [-0.2, -0.15) is 0 Å². The van der Waals surface area contributed by atoms with E-state index in [0.717, 1.165) is 34.3 Å². The lowest BCUT2D eigenvalue weighted by molar-refractivity contribution is -0.115. The van der Waals surface area contributed by atoms with Gasteiger partial charge in [0.05, 0.1) is 5.02 Å². The summed E-state index contributed by atoms with van der Waals surface area (Å²) in [6, 6.07) is 15.6. The lowest BCUT2D eigenvalue weighted by Gasteiger charge is -2.11. The normalized spacial score (nSPS) is 10.1. The van der Waals surface area contributed by atoms with Gasteiger partial charge in [-0.05, 0) is 30.3 Å². The molecule has 0 heterocycles. The van der Waals surface area contributed by atoms with Crippen LogP contribution in [-0.2, 0) is 11.3 Å². The number of benzene rings is 2. The first kappa shape index (κ1) is 20.8. The third-order valence-corrected chi connectivity index (χ3v) is 4.80. The first-order valence-electron chi connectivity index (χ1n) is 7.66. The van der Waals surface area contributed by atoms with Gasteiger partial charge in [0.1, 0.15) is 0 Å². The van der Waals surface area contributed by atoms with Crippen molar-refractivity contribution in [1.29, 1.82) is 0 Å².